The molecule has 2 fully saturated rings. The number of rotatable bonds is 7. The number of piperidine rings is 2. The number of hydrogen-bond donors (Lipinski definition) is 1. The van der Waals surface area contributed by atoms with E-state index in [1.807, 2.05) is 6.07 Å². The van der Waals surface area contributed by atoms with E-state index < -0.39 is 10.0 Å². The molecule has 0 bridgehead atoms. The summed E-state index contributed by atoms with van der Waals surface area (Å²) in [6.07, 6.45) is 5.90. The van der Waals surface area contributed by atoms with Gasteiger partial charge in [0.2, 0.25) is 15.9 Å². The third-order valence-electron chi connectivity index (χ3n) is 5.84. The Labute approximate surface area is 173 Å². The minimum absolute atomic E-state index is 0.0408. The standard InChI is InChI=1S/C21H30N4O3S/c22-17-18-5-7-20(8-6-18)29(27,28)25-15-9-19(10-16-25)21(26)23-11-4-14-24-12-2-1-3-13-24/h5-8,19H,1-4,9-16H2,(H,23,26). The largest absolute Gasteiger partial charge is 0.356 e. The van der Waals surface area contributed by atoms with Crippen molar-refractivity contribution in [2.75, 3.05) is 39.3 Å². The second kappa shape index (κ2) is 10.2. The molecule has 2 heterocycles. The van der Waals surface area contributed by atoms with Crippen LogP contribution in [0.5, 0.6) is 0 Å². The second-order valence-corrected chi connectivity index (χ2v) is 9.80. The molecule has 0 radical (unpaired) electrons. The third kappa shape index (κ3) is 5.78. The van der Waals surface area contributed by atoms with Gasteiger partial charge in [-0.3, -0.25) is 4.79 Å². The molecule has 0 unspecified atom stereocenters. The monoisotopic (exact) mass is 418 g/mol. The Hall–Kier alpha value is -1.95. The van der Waals surface area contributed by atoms with Crippen molar-refractivity contribution in [3.8, 4) is 6.07 Å². The summed E-state index contributed by atoms with van der Waals surface area (Å²) >= 11 is 0. The van der Waals surface area contributed by atoms with Gasteiger partial charge in [-0.05, 0) is 76.0 Å². The molecule has 1 aromatic carbocycles. The molecule has 7 nitrogen and oxygen atoms in total. The Bertz CT molecular complexity index is 818. The SMILES string of the molecule is N#Cc1ccc(S(=O)(=O)N2CCC(C(=O)NCCCN3CCCCC3)CC2)cc1. The molecule has 8 heteroatoms. The van der Waals surface area contributed by atoms with E-state index in [1.165, 1.54) is 60.9 Å². The number of sulfonamides is 1. The average Bonchev–Trinajstić information content (AvgIpc) is 2.77. The maximum Gasteiger partial charge on any atom is 0.243 e. The zero-order valence-corrected chi connectivity index (χ0v) is 17.7. The first-order valence-corrected chi connectivity index (χ1v) is 11.9. The molecule has 0 spiro atoms. The highest BCUT2D eigenvalue weighted by atomic mass is 32.2. The van der Waals surface area contributed by atoms with Crippen molar-refractivity contribution in [1.29, 1.82) is 5.26 Å². The van der Waals surface area contributed by atoms with Crippen LogP contribution in [0.1, 0.15) is 44.1 Å². The van der Waals surface area contributed by atoms with E-state index in [0.29, 0.717) is 38.0 Å². The van der Waals surface area contributed by atoms with E-state index in [9.17, 15) is 13.2 Å². The number of likely N-dealkylation sites (tertiary alicyclic amines) is 1. The summed E-state index contributed by atoms with van der Waals surface area (Å²) in [5.74, 6) is -0.0866. The zero-order valence-electron chi connectivity index (χ0n) is 16.8. The summed E-state index contributed by atoms with van der Waals surface area (Å²) in [6.45, 7) is 4.73. The highest BCUT2D eigenvalue weighted by Gasteiger charge is 2.32. The van der Waals surface area contributed by atoms with Gasteiger partial charge in [0.05, 0.1) is 16.5 Å². The van der Waals surface area contributed by atoms with Crippen LogP contribution in [0.2, 0.25) is 0 Å². The lowest BCUT2D eigenvalue weighted by atomic mass is 9.97. The normalized spacial score (nSPS) is 19.6. The van der Waals surface area contributed by atoms with E-state index in [1.54, 1.807) is 0 Å². The molecule has 0 saturated carbocycles. The van der Waals surface area contributed by atoms with E-state index in [2.05, 4.69) is 10.2 Å². The lowest BCUT2D eigenvalue weighted by molar-refractivity contribution is -0.126. The van der Waals surface area contributed by atoms with Gasteiger partial charge in [0.25, 0.3) is 0 Å². The van der Waals surface area contributed by atoms with E-state index in [-0.39, 0.29) is 16.7 Å². The lowest BCUT2D eigenvalue weighted by Crippen LogP contribution is -2.43. The molecule has 1 N–H and O–H groups in total. The molecule has 0 aromatic heterocycles. The summed E-state index contributed by atoms with van der Waals surface area (Å²) in [5, 5.41) is 11.9. The molecule has 1 aromatic rings. The van der Waals surface area contributed by atoms with Crippen LogP contribution >= 0.6 is 0 Å². The van der Waals surface area contributed by atoms with Crippen LogP contribution in [-0.2, 0) is 14.8 Å². The number of nitrogens with one attached hydrogen (secondary N) is 1. The Morgan fingerprint density at radius 2 is 1.72 bits per heavy atom. The highest BCUT2D eigenvalue weighted by molar-refractivity contribution is 7.89. The highest BCUT2D eigenvalue weighted by Crippen LogP contribution is 2.24. The minimum atomic E-state index is -3.58. The van der Waals surface area contributed by atoms with Gasteiger partial charge in [-0.15, -0.1) is 0 Å². The molecule has 0 aliphatic carbocycles. The topological polar surface area (TPSA) is 93.5 Å². The molecule has 1 amide bonds. The minimum Gasteiger partial charge on any atom is -0.356 e. The first kappa shape index (κ1) is 21.8. The second-order valence-electron chi connectivity index (χ2n) is 7.86. The van der Waals surface area contributed by atoms with Gasteiger partial charge in [-0.25, -0.2) is 8.42 Å². The van der Waals surface area contributed by atoms with Crippen LogP contribution in [0.15, 0.2) is 29.2 Å². The number of nitrogens with zero attached hydrogens (tertiary/aromatic N) is 3. The summed E-state index contributed by atoms with van der Waals surface area (Å²) < 4.78 is 27.0. The van der Waals surface area contributed by atoms with Gasteiger partial charge in [0, 0.05) is 25.6 Å². The number of benzene rings is 1. The number of amides is 1. The molecular weight excluding hydrogens is 388 g/mol. The summed E-state index contributed by atoms with van der Waals surface area (Å²) in [7, 11) is -3.58. The zero-order chi connectivity index (χ0) is 20.7. The summed E-state index contributed by atoms with van der Waals surface area (Å²) in [6, 6.07) is 7.94. The van der Waals surface area contributed by atoms with E-state index >= 15 is 0 Å². The van der Waals surface area contributed by atoms with Gasteiger partial charge >= 0.3 is 0 Å². The maximum atomic E-state index is 12.8. The summed E-state index contributed by atoms with van der Waals surface area (Å²) in [4.78, 5) is 15.1. The predicted molar refractivity (Wildman–Crippen MR) is 111 cm³/mol. The van der Waals surface area contributed by atoms with Crippen molar-refractivity contribution < 1.29 is 13.2 Å². The molecule has 0 atom stereocenters. The smallest absolute Gasteiger partial charge is 0.243 e. The predicted octanol–water partition coefficient (Wildman–Crippen LogP) is 1.95. The number of hydrogen-bond acceptors (Lipinski definition) is 5. The molecule has 2 aliphatic heterocycles. The van der Waals surface area contributed by atoms with Crippen LogP contribution in [0.25, 0.3) is 0 Å². The van der Waals surface area contributed by atoms with Crippen molar-refractivity contribution in [2.45, 2.75) is 43.4 Å². The van der Waals surface area contributed by atoms with Crippen molar-refractivity contribution in [1.82, 2.24) is 14.5 Å². The lowest BCUT2D eigenvalue weighted by Gasteiger charge is -2.30. The molecule has 158 valence electrons. The number of nitriles is 1. The molecular formula is C21H30N4O3S. The van der Waals surface area contributed by atoms with Crippen molar-refractivity contribution in [2.24, 2.45) is 5.92 Å². The fourth-order valence-corrected chi connectivity index (χ4v) is 5.52. The van der Waals surface area contributed by atoms with Crippen LogP contribution in [0, 0.1) is 17.2 Å². The third-order valence-corrected chi connectivity index (χ3v) is 7.76. The first-order valence-electron chi connectivity index (χ1n) is 10.5. The summed E-state index contributed by atoms with van der Waals surface area (Å²) in [5.41, 5.74) is 0.430. The quantitative estimate of drug-likeness (QED) is 0.683. The van der Waals surface area contributed by atoms with Crippen LogP contribution in [-0.4, -0.2) is 62.8 Å². The van der Waals surface area contributed by atoms with Crippen molar-refractivity contribution >= 4 is 15.9 Å². The Morgan fingerprint density at radius 3 is 2.34 bits per heavy atom. The Kier molecular flexibility index (Phi) is 7.64. The van der Waals surface area contributed by atoms with Crippen LogP contribution < -0.4 is 5.32 Å². The van der Waals surface area contributed by atoms with E-state index in [0.717, 1.165) is 13.0 Å². The first-order chi connectivity index (χ1) is 14.0. The van der Waals surface area contributed by atoms with Gasteiger partial charge in [-0.2, -0.15) is 9.57 Å². The Balaban J connectivity index is 1.41. The fourth-order valence-electron chi connectivity index (χ4n) is 4.05. The molecule has 2 aliphatic rings. The number of carbonyl (C=O) groups is 1. The van der Waals surface area contributed by atoms with Crippen LogP contribution in [0.4, 0.5) is 0 Å². The average molecular weight is 419 g/mol. The van der Waals surface area contributed by atoms with Crippen LogP contribution in [0.3, 0.4) is 0 Å². The Morgan fingerprint density at radius 1 is 1.07 bits per heavy atom. The molecule has 29 heavy (non-hydrogen) atoms. The van der Waals surface area contributed by atoms with Crippen molar-refractivity contribution in [3.63, 3.8) is 0 Å². The van der Waals surface area contributed by atoms with Gasteiger partial charge in [0.1, 0.15) is 0 Å². The molecule has 2 saturated heterocycles. The van der Waals surface area contributed by atoms with Gasteiger partial charge < -0.3 is 10.2 Å². The maximum absolute atomic E-state index is 12.8. The van der Waals surface area contributed by atoms with Gasteiger partial charge in [0.15, 0.2) is 0 Å². The number of carbonyl (C=O) groups excluding carboxylic acids is 1. The fraction of sp³-hybridized carbons (Fsp3) is 0.619. The van der Waals surface area contributed by atoms with Gasteiger partial charge in [-0.1, -0.05) is 6.42 Å². The molecule has 3 rings (SSSR count). The van der Waals surface area contributed by atoms with Crippen molar-refractivity contribution in [3.05, 3.63) is 29.8 Å². The van der Waals surface area contributed by atoms with E-state index in [4.69, 9.17) is 5.26 Å².